The summed E-state index contributed by atoms with van der Waals surface area (Å²) in [5, 5.41) is 0. The van der Waals surface area contributed by atoms with Crippen molar-refractivity contribution in [1.29, 1.82) is 0 Å². The van der Waals surface area contributed by atoms with Gasteiger partial charge in [0.2, 0.25) is 5.88 Å². The molecule has 0 fully saturated rings. The Morgan fingerprint density at radius 2 is 2.25 bits per heavy atom. The monoisotopic (exact) mass is 165 g/mol. The van der Waals surface area contributed by atoms with Crippen molar-refractivity contribution in [3.63, 3.8) is 0 Å². The van der Waals surface area contributed by atoms with E-state index in [4.69, 9.17) is 4.74 Å². The average Bonchev–Trinajstić information content (AvgIpc) is 2.05. The van der Waals surface area contributed by atoms with Gasteiger partial charge in [-0.15, -0.1) is 0 Å². The highest BCUT2D eigenvalue weighted by atomic mass is 16.5. The van der Waals surface area contributed by atoms with E-state index < -0.39 is 0 Å². The Hall–Kier alpha value is -1.05. The zero-order valence-corrected chi connectivity index (χ0v) is 7.71. The zero-order chi connectivity index (χ0) is 8.81. The van der Waals surface area contributed by atoms with Gasteiger partial charge in [0.25, 0.3) is 0 Å². The van der Waals surface area contributed by atoms with Gasteiger partial charge >= 0.3 is 0 Å². The van der Waals surface area contributed by atoms with Gasteiger partial charge in [0.05, 0.1) is 6.61 Å². The molecule has 2 heteroatoms. The summed E-state index contributed by atoms with van der Waals surface area (Å²) in [7, 11) is 0. The molecule has 1 heterocycles. The van der Waals surface area contributed by atoms with Crippen molar-refractivity contribution >= 4 is 0 Å². The molecule has 0 unspecified atom stereocenters. The summed E-state index contributed by atoms with van der Waals surface area (Å²) in [5.41, 5.74) is 1.00. The summed E-state index contributed by atoms with van der Waals surface area (Å²) in [5.74, 6) is 0.739. The van der Waals surface area contributed by atoms with Crippen molar-refractivity contribution in [2.75, 3.05) is 6.61 Å². The molecule has 2 nitrogen and oxygen atoms in total. The van der Waals surface area contributed by atoms with Gasteiger partial charge < -0.3 is 4.74 Å². The van der Waals surface area contributed by atoms with Crippen molar-refractivity contribution < 1.29 is 4.74 Å². The third-order valence-corrected chi connectivity index (χ3v) is 1.61. The van der Waals surface area contributed by atoms with Gasteiger partial charge in [-0.1, -0.05) is 19.4 Å². The van der Waals surface area contributed by atoms with Gasteiger partial charge in [0, 0.05) is 11.8 Å². The van der Waals surface area contributed by atoms with Crippen LogP contribution in [0.15, 0.2) is 18.2 Å². The fourth-order valence-electron chi connectivity index (χ4n) is 0.919. The molecule has 0 atom stereocenters. The first kappa shape index (κ1) is 9.04. The first-order chi connectivity index (χ1) is 5.83. The highest BCUT2D eigenvalue weighted by Gasteiger charge is 1.93. The lowest BCUT2D eigenvalue weighted by molar-refractivity contribution is 0.297. The number of nitrogens with zero attached hydrogens (tertiary/aromatic N) is 1. The summed E-state index contributed by atoms with van der Waals surface area (Å²) in [4.78, 5) is 4.22. The van der Waals surface area contributed by atoms with Crippen LogP contribution in [0.4, 0.5) is 0 Å². The van der Waals surface area contributed by atoms with Crippen LogP contribution in [-0.2, 0) is 0 Å². The molecule has 0 bridgehead atoms. The van der Waals surface area contributed by atoms with Crippen molar-refractivity contribution in [3.8, 4) is 5.88 Å². The Bertz CT molecular complexity index is 235. The molecule has 0 aliphatic heterocycles. The third-order valence-electron chi connectivity index (χ3n) is 1.61. The maximum atomic E-state index is 5.42. The lowest BCUT2D eigenvalue weighted by Gasteiger charge is -2.03. The molecular weight excluding hydrogens is 150 g/mol. The number of rotatable bonds is 4. The van der Waals surface area contributed by atoms with Gasteiger partial charge in [-0.3, -0.25) is 0 Å². The smallest absolute Gasteiger partial charge is 0.213 e. The van der Waals surface area contributed by atoms with Crippen LogP contribution in [0.1, 0.15) is 25.5 Å². The van der Waals surface area contributed by atoms with Gasteiger partial charge in [-0.05, 0) is 19.4 Å². The molecule has 0 amide bonds. The third kappa shape index (κ3) is 2.91. The summed E-state index contributed by atoms with van der Waals surface area (Å²) in [6, 6.07) is 5.82. The minimum atomic E-state index is 0.739. The van der Waals surface area contributed by atoms with Crippen molar-refractivity contribution in [3.05, 3.63) is 23.9 Å². The molecule has 0 saturated heterocycles. The average molecular weight is 165 g/mol. The van der Waals surface area contributed by atoms with E-state index in [9.17, 15) is 0 Å². The van der Waals surface area contributed by atoms with Crippen LogP contribution in [0.3, 0.4) is 0 Å². The van der Waals surface area contributed by atoms with Crippen LogP contribution in [0, 0.1) is 6.92 Å². The lowest BCUT2D eigenvalue weighted by Crippen LogP contribution is -1.98. The Balaban J connectivity index is 2.41. The van der Waals surface area contributed by atoms with E-state index in [1.807, 2.05) is 25.1 Å². The normalized spacial score (nSPS) is 9.83. The van der Waals surface area contributed by atoms with Crippen molar-refractivity contribution in [2.24, 2.45) is 0 Å². The summed E-state index contributed by atoms with van der Waals surface area (Å²) in [6.45, 7) is 4.88. The highest BCUT2D eigenvalue weighted by molar-refractivity contribution is 5.14. The van der Waals surface area contributed by atoms with E-state index in [1.165, 1.54) is 0 Å². The minimum Gasteiger partial charge on any atom is -0.478 e. The number of hydrogen-bond acceptors (Lipinski definition) is 2. The molecule has 0 aromatic carbocycles. The van der Waals surface area contributed by atoms with Crippen molar-refractivity contribution in [2.45, 2.75) is 26.7 Å². The second kappa shape index (κ2) is 4.75. The molecule has 1 aromatic rings. The predicted octanol–water partition coefficient (Wildman–Crippen LogP) is 2.57. The quantitative estimate of drug-likeness (QED) is 0.640. The van der Waals surface area contributed by atoms with E-state index in [2.05, 4.69) is 11.9 Å². The van der Waals surface area contributed by atoms with Gasteiger partial charge in [0.15, 0.2) is 0 Å². The SMILES string of the molecule is CCCCOc1cccc(C)n1. The van der Waals surface area contributed by atoms with Gasteiger partial charge in [0.1, 0.15) is 0 Å². The number of unbranched alkanes of at least 4 members (excludes halogenated alkanes) is 1. The molecule has 1 rings (SSSR count). The first-order valence-corrected chi connectivity index (χ1v) is 4.39. The van der Waals surface area contributed by atoms with E-state index in [0.29, 0.717) is 0 Å². The Morgan fingerprint density at radius 1 is 1.42 bits per heavy atom. The predicted molar refractivity (Wildman–Crippen MR) is 49.4 cm³/mol. The van der Waals surface area contributed by atoms with Gasteiger partial charge in [-0.25, -0.2) is 4.98 Å². The van der Waals surface area contributed by atoms with Crippen LogP contribution in [0.25, 0.3) is 0 Å². The Labute approximate surface area is 73.6 Å². The molecular formula is C10H15NO. The highest BCUT2D eigenvalue weighted by Crippen LogP contribution is 2.06. The second-order valence-corrected chi connectivity index (χ2v) is 2.82. The molecule has 0 saturated carbocycles. The molecule has 0 spiro atoms. The molecule has 0 N–H and O–H groups in total. The van der Waals surface area contributed by atoms with Crippen LogP contribution in [0.2, 0.25) is 0 Å². The van der Waals surface area contributed by atoms with Crippen LogP contribution in [0.5, 0.6) is 5.88 Å². The zero-order valence-electron chi connectivity index (χ0n) is 7.71. The fraction of sp³-hybridized carbons (Fsp3) is 0.500. The Kier molecular flexibility index (Phi) is 3.58. The van der Waals surface area contributed by atoms with Crippen LogP contribution in [-0.4, -0.2) is 11.6 Å². The van der Waals surface area contributed by atoms with E-state index in [-0.39, 0.29) is 0 Å². The van der Waals surface area contributed by atoms with E-state index >= 15 is 0 Å². The first-order valence-electron chi connectivity index (χ1n) is 4.39. The van der Waals surface area contributed by atoms with Crippen molar-refractivity contribution in [1.82, 2.24) is 4.98 Å². The topological polar surface area (TPSA) is 22.1 Å². The van der Waals surface area contributed by atoms with E-state index in [1.54, 1.807) is 0 Å². The molecule has 0 aliphatic carbocycles. The molecule has 0 aliphatic rings. The summed E-state index contributed by atoms with van der Waals surface area (Å²) >= 11 is 0. The number of aromatic nitrogens is 1. The van der Waals surface area contributed by atoms with Crippen LogP contribution >= 0.6 is 0 Å². The van der Waals surface area contributed by atoms with Gasteiger partial charge in [-0.2, -0.15) is 0 Å². The largest absolute Gasteiger partial charge is 0.478 e. The minimum absolute atomic E-state index is 0.739. The second-order valence-electron chi connectivity index (χ2n) is 2.82. The summed E-state index contributed by atoms with van der Waals surface area (Å²) in [6.07, 6.45) is 2.25. The van der Waals surface area contributed by atoms with E-state index in [0.717, 1.165) is 31.0 Å². The number of aryl methyl sites for hydroxylation is 1. The lowest BCUT2D eigenvalue weighted by atomic mass is 10.3. The molecule has 12 heavy (non-hydrogen) atoms. The number of hydrogen-bond donors (Lipinski definition) is 0. The number of pyridine rings is 1. The number of ether oxygens (including phenoxy) is 1. The molecule has 0 radical (unpaired) electrons. The maximum Gasteiger partial charge on any atom is 0.213 e. The Morgan fingerprint density at radius 3 is 2.92 bits per heavy atom. The summed E-state index contributed by atoms with van der Waals surface area (Å²) < 4.78 is 5.42. The maximum absolute atomic E-state index is 5.42. The fourth-order valence-corrected chi connectivity index (χ4v) is 0.919. The molecule has 1 aromatic heterocycles. The standard InChI is InChI=1S/C10H15NO/c1-3-4-8-12-10-7-5-6-9(2)11-10/h5-7H,3-4,8H2,1-2H3. The van der Waals surface area contributed by atoms with Crippen LogP contribution < -0.4 is 4.74 Å². The molecule has 66 valence electrons.